The molecule has 0 spiro atoms. The van der Waals surface area contributed by atoms with E-state index in [1.807, 2.05) is 0 Å². The van der Waals surface area contributed by atoms with Crippen LogP contribution >= 0.6 is 27.5 Å². The number of anilines is 1. The highest BCUT2D eigenvalue weighted by molar-refractivity contribution is 9.10. The van der Waals surface area contributed by atoms with E-state index in [1.54, 1.807) is 6.07 Å². The largest absolute Gasteiger partial charge is 0.334 e. The van der Waals surface area contributed by atoms with E-state index in [2.05, 4.69) is 21.2 Å². The van der Waals surface area contributed by atoms with Crippen molar-refractivity contribution in [2.24, 2.45) is 0 Å². The Bertz CT molecular complexity index is 811. The zero-order valence-corrected chi connectivity index (χ0v) is 13.5. The lowest BCUT2D eigenvalue weighted by Crippen LogP contribution is -2.14. The van der Waals surface area contributed by atoms with Gasteiger partial charge in [0.2, 0.25) is 0 Å². The molecule has 0 radical (unpaired) electrons. The van der Waals surface area contributed by atoms with Crippen LogP contribution in [0.2, 0.25) is 5.02 Å². The highest BCUT2D eigenvalue weighted by Crippen LogP contribution is 2.25. The minimum Gasteiger partial charge on any atom is -0.321 e. The first kappa shape index (κ1) is 15.9. The van der Waals surface area contributed by atoms with Gasteiger partial charge in [-0.25, -0.2) is 0 Å². The van der Waals surface area contributed by atoms with E-state index in [1.165, 1.54) is 30.3 Å². The van der Waals surface area contributed by atoms with Crippen LogP contribution in [0, 0.1) is 0 Å². The SMILES string of the molecule is O=C(Nc1ccccc1S(=O)(=O)F)c1ccc(Br)cc1Cl. The molecule has 0 aromatic heterocycles. The van der Waals surface area contributed by atoms with Gasteiger partial charge in [-0.3, -0.25) is 4.79 Å². The van der Waals surface area contributed by atoms with Crippen LogP contribution in [0.4, 0.5) is 9.57 Å². The first-order valence-corrected chi connectivity index (χ1v) is 8.14. The van der Waals surface area contributed by atoms with Crippen LogP contribution in [0.25, 0.3) is 0 Å². The average Bonchev–Trinajstić information content (AvgIpc) is 2.37. The number of nitrogens with one attached hydrogen (secondary N) is 1. The summed E-state index contributed by atoms with van der Waals surface area (Å²) in [5.74, 6) is -0.636. The summed E-state index contributed by atoms with van der Waals surface area (Å²) >= 11 is 9.14. The van der Waals surface area contributed by atoms with Gasteiger partial charge >= 0.3 is 10.2 Å². The van der Waals surface area contributed by atoms with Crippen molar-refractivity contribution in [3.63, 3.8) is 0 Å². The molecule has 0 saturated carbocycles. The zero-order chi connectivity index (χ0) is 15.6. The summed E-state index contributed by atoms with van der Waals surface area (Å²) in [6.07, 6.45) is 0. The molecule has 2 aromatic carbocycles. The summed E-state index contributed by atoms with van der Waals surface area (Å²) in [4.78, 5) is 11.5. The molecule has 8 heteroatoms. The van der Waals surface area contributed by atoms with Crippen molar-refractivity contribution in [3.05, 3.63) is 57.5 Å². The molecule has 0 aliphatic rings. The van der Waals surface area contributed by atoms with Gasteiger partial charge in [0.05, 0.1) is 16.3 Å². The minimum absolute atomic E-state index is 0.144. The van der Waals surface area contributed by atoms with E-state index in [-0.39, 0.29) is 16.3 Å². The van der Waals surface area contributed by atoms with Crippen molar-refractivity contribution < 1.29 is 17.1 Å². The van der Waals surface area contributed by atoms with Crippen LogP contribution in [0.5, 0.6) is 0 Å². The number of carbonyl (C=O) groups excluding carboxylic acids is 1. The van der Waals surface area contributed by atoms with Gasteiger partial charge in [-0.15, -0.1) is 3.89 Å². The quantitative estimate of drug-likeness (QED) is 0.803. The van der Waals surface area contributed by atoms with E-state index in [0.717, 1.165) is 6.07 Å². The number of benzene rings is 2. The molecule has 0 unspecified atom stereocenters. The highest BCUT2D eigenvalue weighted by Gasteiger charge is 2.19. The Morgan fingerprint density at radius 2 is 1.86 bits per heavy atom. The number of carbonyl (C=O) groups is 1. The lowest BCUT2D eigenvalue weighted by Gasteiger charge is -2.09. The zero-order valence-electron chi connectivity index (χ0n) is 10.3. The normalized spacial score (nSPS) is 11.2. The third kappa shape index (κ3) is 3.81. The molecule has 4 nitrogen and oxygen atoms in total. The van der Waals surface area contributed by atoms with Crippen LogP contribution in [0.15, 0.2) is 51.8 Å². The van der Waals surface area contributed by atoms with Crippen LogP contribution in [0.3, 0.4) is 0 Å². The molecule has 0 fully saturated rings. The fourth-order valence-electron chi connectivity index (χ4n) is 1.65. The standard InChI is InChI=1S/C13H8BrClFNO3S/c14-8-5-6-9(10(15)7-8)13(18)17-11-3-1-2-4-12(11)21(16,19)20/h1-7H,(H,17,18). The maximum atomic E-state index is 13.2. The van der Waals surface area contributed by atoms with Crippen molar-refractivity contribution in [2.45, 2.75) is 4.90 Å². The second-order valence-electron chi connectivity index (χ2n) is 4.01. The molecule has 1 amide bonds. The first-order valence-electron chi connectivity index (χ1n) is 5.59. The number of rotatable bonds is 3. The minimum atomic E-state index is -4.93. The maximum absolute atomic E-state index is 13.2. The lowest BCUT2D eigenvalue weighted by atomic mass is 10.2. The van der Waals surface area contributed by atoms with Gasteiger partial charge < -0.3 is 5.32 Å². The Morgan fingerprint density at radius 3 is 2.48 bits per heavy atom. The van der Waals surface area contributed by atoms with Crippen LogP contribution in [-0.2, 0) is 10.2 Å². The fraction of sp³-hybridized carbons (Fsp3) is 0. The Morgan fingerprint density at radius 1 is 1.19 bits per heavy atom. The molecule has 1 N–H and O–H groups in total. The summed E-state index contributed by atoms with van der Waals surface area (Å²) in [6, 6.07) is 9.79. The topological polar surface area (TPSA) is 63.2 Å². The third-order valence-electron chi connectivity index (χ3n) is 2.57. The average molecular weight is 393 g/mol. The van der Waals surface area contributed by atoms with E-state index in [9.17, 15) is 17.1 Å². The third-order valence-corrected chi connectivity index (χ3v) is 4.26. The van der Waals surface area contributed by atoms with Gasteiger partial charge in [0.1, 0.15) is 4.90 Å². The van der Waals surface area contributed by atoms with Crippen molar-refractivity contribution in [3.8, 4) is 0 Å². The molecule has 0 atom stereocenters. The predicted octanol–water partition coefficient (Wildman–Crippen LogP) is 4.01. The lowest BCUT2D eigenvalue weighted by molar-refractivity contribution is 0.102. The smallest absolute Gasteiger partial charge is 0.321 e. The van der Waals surface area contributed by atoms with E-state index in [4.69, 9.17) is 11.6 Å². The van der Waals surface area contributed by atoms with Gasteiger partial charge in [0.15, 0.2) is 0 Å². The summed E-state index contributed by atoms with van der Waals surface area (Å²) in [5.41, 5.74) is -0.00471. The van der Waals surface area contributed by atoms with E-state index in [0.29, 0.717) is 4.47 Å². The summed E-state index contributed by atoms with van der Waals surface area (Å²) in [7, 11) is -4.93. The molecule has 110 valence electrons. The Kier molecular flexibility index (Phi) is 4.65. The molecular weight excluding hydrogens is 385 g/mol. The Balaban J connectivity index is 2.37. The van der Waals surface area contributed by atoms with Gasteiger partial charge in [0.25, 0.3) is 5.91 Å². The van der Waals surface area contributed by atoms with Crippen LogP contribution in [0.1, 0.15) is 10.4 Å². The van der Waals surface area contributed by atoms with Gasteiger partial charge in [-0.2, -0.15) is 8.42 Å². The number of halogens is 3. The van der Waals surface area contributed by atoms with Crippen LogP contribution < -0.4 is 5.32 Å². The Labute approximate surface area is 134 Å². The van der Waals surface area contributed by atoms with Crippen LogP contribution in [-0.4, -0.2) is 14.3 Å². The van der Waals surface area contributed by atoms with Crippen molar-refractivity contribution in [2.75, 3.05) is 5.32 Å². The molecule has 0 aliphatic heterocycles. The van der Waals surface area contributed by atoms with Crippen molar-refractivity contribution in [1.82, 2.24) is 0 Å². The predicted molar refractivity (Wildman–Crippen MR) is 81.8 cm³/mol. The van der Waals surface area contributed by atoms with Gasteiger partial charge in [-0.05, 0) is 30.3 Å². The molecule has 2 aromatic rings. The monoisotopic (exact) mass is 391 g/mol. The van der Waals surface area contributed by atoms with Gasteiger partial charge in [-0.1, -0.05) is 39.7 Å². The molecular formula is C13H8BrClFNO3S. The number of amides is 1. The molecule has 0 bridgehead atoms. The second kappa shape index (κ2) is 6.13. The first-order chi connectivity index (χ1) is 9.79. The molecule has 0 aliphatic carbocycles. The number of para-hydroxylation sites is 1. The summed E-state index contributed by atoms with van der Waals surface area (Å²) < 4.78 is 35.9. The maximum Gasteiger partial charge on any atom is 0.334 e. The van der Waals surface area contributed by atoms with E-state index >= 15 is 0 Å². The summed E-state index contributed by atoms with van der Waals surface area (Å²) in [5, 5.41) is 2.52. The molecule has 0 saturated heterocycles. The Hall–Kier alpha value is -1.44. The van der Waals surface area contributed by atoms with Gasteiger partial charge in [0, 0.05) is 4.47 Å². The summed E-state index contributed by atoms with van der Waals surface area (Å²) in [6.45, 7) is 0. The van der Waals surface area contributed by atoms with E-state index < -0.39 is 21.0 Å². The molecule has 2 rings (SSSR count). The van der Waals surface area contributed by atoms with Crippen molar-refractivity contribution >= 4 is 49.3 Å². The molecule has 0 heterocycles. The second-order valence-corrected chi connectivity index (χ2v) is 6.65. The fourth-order valence-corrected chi connectivity index (χ4v) is 3.03. The number of hydrogen-bond donors (Lipinski definition) is 1. The number of hydrogen-bond acceptors (Lipinski definition) is 3. The van der Waals surface area contributed by atoms with Crippen molar-refractivity contribution in [1.29, 1.82) is 0 Å². The molecule has 21 heavy (non-hydrogen) atoms. The highest BCUT2D eigenvalue weighted by atomic mass is 79.9.